The van der Waals surface area contributed by atoms with Gasteiger partial charge in [-0.3, -0.25) is 0 Å². The van der Waals surface area contributed by atoms with Gasteiger partial charge in [0.15, 0.2) is 0 Å². The fourth-order valence-corrected chi connectivity index (χ4v) is 3.56. The minimum absolute atomic E-state index is 0.948. The molecule has 0 heteroatoms. The van der Waals surface area contributed by atoms with Crippen LogP contribution in [0.25, 0.3) is 5.57 Å². The molecule has 0 nitrogen and oxygen atoms in total. The molecule has 0 bridgehead atoms. The Balaban J connectivity index is 1.82. The van der Waals surface area contributed by atoms with Crippen LogP contribution in [0.3, 0.4) is 0 Å². The Morgan fingerprint density at radius 3 is 2.27 bits per heavy atom. The average Bonchev–Trinajstić information content (AvgIpc) is 2.57. The van der Waals surface area contributed by atoms with E-state index in [1.165, 1.54) is 81.8 Å². The minimum atomic E-state index is 0.948. The molecule has 0 amide bonds. The number of rotatable bonds is 9. The van der Waals surface area contributed by atoms with Crippen molar-refractivity contribution in [3.8, 4) is 0 Å². The van der Waals surface area contributed by atoms with Crippen molar-refractivity contribution in [3.63, 3.8) is 0 Å². The van der Waals surface area contributed by atoms with Crippen LogP contribution in [0.5, 0.6) is 0 Å². The van der Waals surface area contributed by atoms with Gasteiger partial charge in [0.1, 0.15) is 0 Å². The highest BCUT2D eigenvalue weighted by Crippen LogP contribution is 2.32. The molecule has 1 aromatic rings. The second-order valence-electron chi connectivity index (χ2n) is 7.02. The van der Waals surface area contributed by atoms with Crippen molar-refractivity contribution in [3.05, 3.63) is 41.5 Å². The maximum atomic E-state index is 2.52. The van der Waals surface area contributed by atoms with Gasteiger partial charge < -0.3 is 0 Å². The fraction of sp³-hybridized carbons (Fsp3) is 0.636. The van der Waals surface area contributed by atoms with Gasteiger partial charge in [-0.1, -0.05) is 82.7 Å². The van der Waals surface area contributed by atoms with Crippen LogP contribution in [0, 0.1) is 5.92 Å². The molecule has 1 aliphatic rings. The van der Waals surface area contributed by atoms with Crippen LogP contribution in [0.2, 0.25) is 0 Å². The second kappa shape index (κ2) is 9.87. The van der Waals surface area contributed by atoms with Crippen LogP contribution in [0.1, 0.15) is 89.2 Å². The third-order valence-corrected chi connectivity index (χ3v) is 5.13. The van der Waals surface area contributed by atoms with Gasteiger partial charge in [-0.25, -0.2) is 0 Å². The van der Waals surface area contributed by atoms with Gasteiger partial charge in [0.2, 0.25) is 0 Å². The lowest BCUT2D eigenvalue weighted by Crippen LogP contribution is -2.05. The van der Waals surface area contributed by atoms with Crippen molar-refractivity contribution in [2.24, 2.45) is 5.92 Å². The van der Waals surface area contributed by atoms with E-state index >= 15 is 0 Å². The van der Waals surface area contributed by atoms with Crippen LogP contribution < -0.4 is 0 Å². The molecule has 0 saturated heterocycles. The highest BCUT2D eigenvalue weighted by atomic mass is 14.2. The summed E-state index contributed by atoms with van der Waals surface area (Å²) in [7, 11) is 0. The Hall–Kier alpha value is -1.04. The first-order valence-corrected chi connectivity index (χ1v) is 9.61. The number of benzene rings is 1. The predicted molar refractivity (Wildman–Crippen MR) is 99.1 cm³/mol. The minimum Gasteiger partial charge on any atom is -0.0804 e. The maximum absolute atomic E-state index is 2.52. The molecule has 0 aromatic heterocycles. The first-order chi connectivity index (χ1) is 10.8. The molecule has 0 saturated carbocycles. The van der Waals surface area contributed by atoms with Crippen LogP contribution in [0.15, 0.2) is 30.3 Å². The maximum Gasteiger partial charge on any atom is -0.0228 e. The van der Waals surface area contributed by atoms with E-state index in [2.05, 4.69) is 44.2 Å². The summed E-state index contributed by atoms with van der Waals surface area (Å²) in [6, 6.07) is 9.40. The zero-order chi connectivity index (χ0) is 15.6. The van der Waals surface area contributed by atoms with Crippen molar-refractivity contribution < 1.29 is 0 Å². The van der Waals surface area contributed by atoms with Gasteiger partial charge in [0, 0.05) is 0 Å². The SMILES string of the molecule is CCCCCc1ccc(C2=CCC(CCCCC)CC2)cc1. The summed E-state index contributed by atoms with van der Waals surface area (Å²) in [4.78, 5) is 0. The van der Waals surface area contributed by atoms with Gasteiger partial charge in [-0.2, -0.15) is 0 Å². The van der Waals surface area contributed by atoms with Crippen molar-refractivity contribution in [2.75, 3.05) is 0 Å². The summed E-state index contributed by atoms with van der Waals surface area (Å²) < 4.78 is 0. The zero-order valence-corrected chi connectivity index (χ0v) is 14.7. The summed E-state index contributed by atoms with van der Waals surface area (Å²) in [5.74, 6) is 0.948. The predicted octanol–water partition coefficient (Wildman–Crippen LogP) is 7.18. The van der Waals surface area contributed by atoms with E-state index in [0.717, 1.165) is 5.92 Å². The van der Waals surface area contributed by atoms with Gasteiger partial charge >= 0.3 is 0 Å². The smallest absolute Gasteiger partial charge is 0.0228 e. The molecule has 22 heavy (non-hydrogen) atoms. The number of unbranched alkanes of at least 4 members (excludes halogenated alkanes) is 4. The largest absolute Gasteiger partial charge is 0.0804 e. The summed E-state index contributed by atoms with van der Waals surface area (Å²) in [5.41, 5.74) is 4.56. The molecule has 0 spiro atoms. The van der Waals surface area contributed by atoms with Crippen LogP contribution in [-0.2, 0) is 6.42 Å². The van der Waals surface area contributed by atoms with E-state index in [4.69, 9.17) is 0 Å². The van der Waals surface area contributed by atoms with Crippen molar-refractivity contribution in [1.82, 2.24) is 0 Å². The molecule has 2 rings (SSSR count). The van der Waals surface area contributed by atoms with Crippen LogP contribution in [0.4, 0.5) is 0 Å². The Bertz CT molecular complexity index is 438. The highest BCUT2D eigenvalue weighted by Gasteiger charge is 2.15. The van der Waals surface area contributed by atoms with E-state index in [9.17, 15) is 0 Å². The molecule has 122 valence electrons. The molecule has 0 N–H and O–H groups in total. The summed E-state index contributed by atoms with van der Waals surface area (Å²) >= 11 is 0. The molecule has 0 heterocycles. The van der Waals surface area contributed by atoms with E-state index in [-0.39, 0.29) is 0 Å². The number of allylic oxidation sites excluding steroid dienone is 2. The lowest BCUT2D eigenvalue weighted by Gasteiger charge is -2.22. The first-order valence-electron chi connectivity index (χ1n) is 9.61. The molecule has 0 aliphatic heterocycles. The lowest BCUT2D eigenvalue weighted by molar-refractivity contribution is 0.428. The summed E-state index contributed by atoms with van der Waals surface area (Å²) in [6.07, 6.45) is 17.4. The molecule has 1 aliphatic carbocycles. The molecule has 0 radical (unpaired) electrons. The standard InChI is InChI=1S/C22H34/c1-3-5-7-9-19-11-15-21(16-12-19)22-17-13-20(14-18-22)10-8-6-4-2/h11-12,15-17,20H,3-10,13-14,18H2,1-2H3. The average molecular weight is 299 g/mol. The van der Waals surface area contributed by atoms with Gasteiger partial charge in [-0.15, -0.1) is 0 Å². The molecule has 1 aromatic carbocycles. The summed E-state index contributed by atoms with van der Waals surface area (Å²) in [5, 5.41) is 0. The number of aryl methyl sites for hydroxylation is 1. The van der Waals surface area contributed by atoms with Crippen molar-refractivity contribution in [1.29, 1.82) is 0 Å². The Kier molecular flexibility index (Phi) is 7.77. The molecule has 0 fully saturated rings. The van der Waals surface area contributed by atoms with Crippen molar-refractivity contribution >= 4 is 5.57 Å². The summed E-state index contributed by atoms with van der Waals surface area (Å²) in [6.45, 7) is 4.57. The lowest BCUT2D eigenvalue weighted by atomic mass is 9.84. The van der Waals surface area contributed by atoms with E-state index in [0.29, 0.717) is 0 Å². The van der Waals surface area contributed by atoms with E-state index in [1.54, 1.807) is 5.57 Å². The Morgan fingerprint density at radius 2 is 1.64 bits per heavy atom. The molecular formula is C22H34. The monoisotopic (exact) mass is 298 g/mol. The molecule has 1 unspecified atom stereocenters. The third-order valence-electron chi connectivity index (χ3n) is 5.13. The second-order valence-corrected chi connectivity index (χ2v) is 7.02. The van der Waals surface area contributed by atoms with Crippen LogP contribution in [-0.4, -0.2) is 0 Å². The normalized spacial score (nSPS) is 18.3. The third kappa shape index (κ3) is 5.63. The van der Waals surface area contributed by atoms with Crippen LogP contribution >= 0.6 is 0 Å². The van der Waals surface area contributed by atoms with E-state index < -0.39 is 0 Å². The number of hydrogen-bond donors (Lipinski definition) is 0. The Morgan fingerprint density at radius 1 is 0.909 bits per heavy atom. The van der Waals surface area contributed by atoms with E-state index in [1.807, 2.05) is 0 Å². The van der Waals surface area contributed by atoms with Crippen molar-refractivity contribution in [2.45, 2.75) is 84.5 Å². The fourth-order valence-electron chi connectivity index (χ4n) is 3.56. The quantitative estimate of drug-likeness (QED) is 0.423. The van der Waals surface area contributed by atoms with Gasteiger partial charge in [0.05, 0.1) is 0 Å². The molecule has 1 atom stereocenters. The number of hydrogen-bond acceptors (Lipinski definition) is 0. The zero-order valence-electron chi connectivity index (χ0n) is 14.7. The Labute approximate surface area is 138 Å². The van der Waals surface area contributed by atoms with Gasteiger partial charge in [0.25, 0.3) is 0 Å². The highest BCUT2D eigenvalue weighted by molar-refractivity contribution is 5.66. The molecular weight excluding hydrogens is 264 g/mol. The topological polar surface area (TPSA) is 0 Å². The van der Waals surface area contributed by atoms with Gasteiger partial charge in [-0.05, 0) is 54.7 Å². The first kappa shape index (κ1) is 17.3.